The minimum Gasteiger partial charge on any atom is -0.356 e. The van der Waals surface area contributed by atoms with Gasteiger partial charge in [-0.2, -0.15) is 0 Å². The van der Waals surface area contributed by atoms with Gasteiger partial charge in [0.25, 0.3) is 0 Å². The predicted octanol–water partition coefficient (Wildman–Crippen LogP) is 2.77. The van der Waals surface area contributed by atoms with Crippen molar-refractivity contribution in [2.75, 3.05) is 34.2 Å². The average Bonchev–Trinajstić information content (AvgIpc) is 3.25. The maximum atomic E-state index is 12.7. The molecule has 5 heteroatoms. The molecular weight excluding hydrogens is 300 g/mol. The van der Waals surface area contributed by atoms with Gasteiger partial charge in [-0.25, -0.2) is 0 Å². The second-order valence-corrected chi connectivity index (χ2v) is 8.03. The Morgan fingerprint density at radius 1 is 1.00 bits per heavy atom. The highest BCUT2D eigenvalue weighted by molar-refractivity contribution is 5.85. The van der Waals surface area contributed by atoms with Crippen molar-refractivity contribution >= 4 is 11.9 Å². The monoisotopic (exact) mass is 336 g/mol. The quantitative estimate of drug-likeness (QED) is 0.579. The minimum absolute atomic E-state index is 0.253. The zero-order valence-corrected chi connectivity index (χ0v) is 16.1. The Morgan fingerprint density at radius 2 is 1.54 bits per heavy atom. The van der Waals surface area contributed by atoms with E-state index in [4.69, 9.17) is 0 Å². The molecule has 138 valence electrons. The first-order valence-corrected chi connectivity index (χ1v) is 9.63. The van der Waals surface area contributed by atoms with E-state index in [9.17, 15) is 4.79 Å². The van der Waals surface area contributed by atoms with Crippen LogP contribution in [-0.4, -0.2) is 51.0 Å². The number of hydrogen-bond acceptors (Lipinski definition) is 2. The van der Waals surface area contributed by atoms with Crippen molar-refractivity contribution in [3.63, 3.8) is 0 Å². The highest BCUT2D eigenvalue weighted by Gasteiger charge is 2.42. The summed E-state index contributed by atoms with van der Waals surface area (Å²) >= 11 is 0. The maximum absolute atomic E-state index is 12.7. The van der Waals surface area contributed by atoms with Crippen molar-refractivity contribution in [2.24, 2.45) is 15.8 Å². The van der Waals surface area contributed by atoms with Crippen molar-refractivity contribution in [1.29, 1.82) is 0 Å². The van der Waals surface area contributed by atoms with Crippen molar-refractivity contribution < 1.29 is 4.79 Å². The van der Waals surface area contributed by atoms with E-state index in [1.54, 1.807) is 4.90 Å². The topological polar surface area (TPSA) is 56.7 Å². The molecule has 0 saturated heterocycles. The van der Waals surface area contributed by atoms with E-state index in [-0.39, 0.29) is 11.3 Å². The average molecular weight is 337 g/mol. The molecule has 0 aliphatic heterocycles. The molecule has 2 fully saturated rings. The highest BCUT2D eigenvalue weighted by Crippen LogP contribution is 2.40. The normalized spacial score (nSPS) is 22.4. The first kappa shape index (κ1) is 19.1. The number of amides is 1. The van der Waals surface area contributed by atoms with Crippen molar-refractivity contribution in [3.8, 4) is 0 Å². The smallest absolute Gasteiger partial charge is 0.230 e. The van der Waals surface area contributed by atoms with Crippen LogP contribution in [0.2, 0.25) is 0 Å². The van der Waals surface area contributed by atoms with Gasteiger partial charge in [0.15, 0.2) is 5.96 Å². The molecule has 2 aliphatic carbocycles. The molecule has 2 N–H and O–H groups in total. The van der Waals surface area contributed by atoms with Crippen LogP contribution >= 0.6 is 0 Å². The van der Waals surface area contributed by atoms with Gasteiger partial charge >= 0.3 is 0 Å². The van der Waals surface area contributed by atoms with E-state index < -0.39 is 0 Å². The summed E-state index contributed by atoms with van der Waals surface area (Å²) in [5.41, 5.74) is 0.180. The predicted molar refractivity (Wildman–Crippen MR) is 100 cm³/mol. The van der Waals surface area contributed by atoms with Crippen LogP contribution in [0.25, 0.3) is 0 Å². The summed E-state index contributed by atoms with van der Waals surface area (Å²) in [5, 5.41) is 6.97. The van der Waals surface area contributed by atoms with Gasteiger partial charge in [-0.3, -0.25) is 9.79 Å². The maximum Gasteiger partial charge on any atom is 0.230 e. The van der Waals surface area contributed by atoms with Crippen LogP contribution in [0.4, 0.5) is 0 Å². The first-order valence-electron chi connectivity index (χ1n) is 9.63. The number of carbonyl (C=O) groups is 1. The zero-order chi connectivity index (χ0) is 17.6. The number of aliphatic imine (C=N–C) groups is 1. The lowest BCUT2D eigenvalue weighted by molar-refractivity contribution is -0.138. The van der Waals surface area contributed by atoms with Crippen LogP contribution in [0.15, 0.2) is 4.99 Å². The molecule has 2 aliphatic rings. The summed E-state index contributed by atoms with van der Waals surface area (Å²) in [6.45, 7) is 3.97. The molecule has 0 aromatic heterocycles. The number of carbonyl (C=O) groups excluding carboxylic acids is 1. The molecule has 24 heavy (non-hydrogen) atoms. The summed E-state index contributed by atoms with van der Waals surface area (Å²) in [7, 11) is 5.54. The van der Waals surface area contributed by atoms with Gasteiger partial charge in [0.2, 0.25) is 5.91 Å². The van der Waals surface area contributed by atoms with Gasteiger partial charge in [0, 0.05) is 34.2 Å². The minimum atomic E-state index is -0.253. The summed E-state index contributed by atoms with van der Waals surface area (Å²) < 4.78 is 0. The van der Waals surface area contributed by atoms with E-state index in [1.165, 1.54) is 32.1 Å². The Labute approximate surface area is 147 Å². The Balaban J connectivity index is 1.91. The van der Waals surface area contributed by atoms with Crippen LogP contribution < -0.4 is 10.6 Å². The molecule has 0 spiro atoms. The Bertz CT molecular complexity index is 446. The van der Waals surface area contributed by atoms with Crippen LogP contribution in [0, 0.1) is 10.8 Å². The second-order valence-electron chi connectivity index (χ2n) is 8.03. The number of guanidine groups is 1. The standard InChI is InChI=1S/C19H36N4O/c1-5-18(10-6-7-11-18)14-21-17(20-2)22-15-19(12-8-9-13-19)16(24)23(3)4/h5-15H2,1-4H3,(H2,20,21,22). The van der Waals surface area contributed by atoms with E-state index in [2.05, 4.69) is 22.5 Å². The van der Waals surface area contributed by atoms with Crippen LogP contribution in [0.5, 0.6) is 0 Å². The van der Waals surface area contributed by atoms with Crippen LogP contribution in [-0.2, 0) is 4.79 Å². The van der Waals surface area contributed by atoms with Crippen molar-refractivity contribution in [2.45, 2.75) is 64.7 Å². The molecule has 2 saturated carbocycles. The fourth-order valence-electron chi connectivity index (χ4n) is 4.52. The fraction of sp³-hybridized carbons (Fsp3) is 0.895. The van der Waals surface area contributed by atoms with Crippen LogP contribution in [0.3, 0.4) is 0 Å². The van der Waals surface area contributed by atoms with Gasteiger partial charge < -0.3 is 15.5 Å². The third-order valence-electron chi connectivity index (χ3n) is 6.28. The second kappa shape index (κ2) is 8.21. The molecule has 0 unspecified atom stereocenters. The summed E-state index contributed by atoms with van der Waals surface area (Å²) in [6, 6.07) is 0. The lowest BCUT2D eigenvalue weighted by Crippen LogP contribution is -2.50. The van der Waals surface area contributed by atoms with Gasteiger partial charge in [0.1, 0.15) is 0 Å². The molecule has 0 atom stereocenters. The third kappa shape index (κ3) is 4.22. The molecule has 0 aromatic carbocycles. The Morgan fingerprint density at radius 3 is 2.04 bits per heavy atom. The molecular formula is C19H36N4O. The highest BCUT2D eigenvalue weighted by atomic mass is 16.2. The number of nitrogens with one attached hydrogen (secondary N) is 2. The van der Waals surface area contributed by atoms with Gasteiger partial charge in [-0.15, -0.1) is 0 Å². The summed E-state index contributed by atoms with van der Waals surface area (Å²) in [6.07, 6.45) is 10.8. The van der Waals surface area contributed by atoms with Gasteiger partial charge in [0.05, 0.1) is 5.41 Å². The molecule has 0 bridgehead atoms. The van der Waals surface area contributed by atoms with E-state index in [0.717, 1.165) is 38.2 Å². The lowest BCUT2D eigenvalue weighted by atomic mass is 9.83. The van der Waals surface area contributed by atoms with E-state index >= 15 is 0 Å². The summed E-state index contributed by atoms with van der Waals surface area (Å²) in [4.78, 5) is 18.8. The van der Waals surface area contributed by atoms with E-state index in [1.807, 2.05) is 21.1 Å². The third-order valence-corrected chi connectivity index (χ3v) is 6.28. The van der Waals surface area contributed by atoms with Crippen LogP contribution in [0.1, 0.15) is 64.7 Å². The molecule has 2 rings (SSSR count). The Hall–Kier alpha value is -1.26. The van der Waals surface area contributed by atoms with Gasteiger partial charge in [-0.05, 0) is 37.5 Å². The van der Waals surface area contributed by atoms with E-state index in [0.29, 0.717) is 12.0 Å². The van der Waals surface area contributed by atoms with Gasteiger partial charge in [-0.1, -0.05) is 32.6 Å². The van der Waals surface area contributed by atoms with Crippen molar-refractivity contribution in [3.05, 3.63) is 0 Å². The fourth-order valence-corrected chi connectivity index (χ4v) is 4.52. The molecule has 0 radical (unpaired) electrons. The number of rotatable bonds is 6. The number of nitrogens with zero attached hydrogens (tertiary/aromatic N) is 2. The SMILES string of the molecule is CCC1(CNC(=NC)NCC2(C(=O)N(C)C)CCCC2)CCCC1. The molecule has 1 amide bonds. The first-order chi connectivity index (χ1) is 11.5. The van der Waals surface area contributed by atoms with Crippen molar-refractivity contribution in [1.82, 2.24) is 15.5 Å². The lowest BCUT2D eigenvalue weighted by Gasteiger charge is -2.32. The zero-order valence-electron chi connectivity index (χ0n) is 16.1. The number of hydrogen-bond donors (Lipinski definition) is 2. The largest absolute Gasteiger partial charge is 0.356 e. The molecule has 0 heterocycles. The summed E-state index contributed by atoms with van der Waals surface area (Å²) in [5.74, 6) is 1.09. The Kier molecular flexibility index (Phi) is 6.53. The molecule has 5 nitrogen and oxygen atoms in total. The molecule has 0 aromatic rings.